The van der Waals surface area contributed by atoms with Gasteiger partial charge in [0.15, 0.2) is 0 Å². The molecule has 0 aliphatic carbocycles. The SMILES string of the molecule is CN(C)CCCNCCOc1ccc(Cl)cc1Br. The molecule has 0 radical (unpaired) electrons. The Bertz CT molecular complexity index is 361. The van der Waals surface area contributed by atoms with Gasteiger partial charge in [-0.15, -0.1) is 0 Å². The van der Waals surface area contributed by atoms with Gasteiger partial charge in [0.25, 0.3) is 0 Å². The number of halogens is 2. The molecule has 5 heteroatoms. The highest BCUT2D eigenvalue weighted by atomic mass is 79.9. The summed E-state index contributed by atoms with van der Waals surface area (Å²) in [6, 6.07) is 5.53. The van der Waals surface area contributed by atoms with Crippen LogP contribution in [0.3, 0.4) is 0 Å². The first-order valence-corrected chi connectivity index (χ1v) is 7.20. The second-order valence-electron chi connectivity index (χ2n) is 4.33. The highest BCUT2D eigenvalue weighted by Crippen LogP contribution is 2.27. The maximum absolute atomic E-state index is 5.86. The molecule has 0 atom stereocenters. The van der Waals surface area contributed by atoms with Crippen LogP contribution in [0.5, 0.6) is 5.75 Å². The fraction of sp³-hybridized carbons (Fsp3) is 0.538. The first kappa shape index (κ1) is 15.8. The van der Waals surface area contributed by atoms with Crippen LogP contribution in [0.25, 0.3) is 0 Å². The van der Waals surface area contributed by atoms with E-state index in [1.807, 2.05) is 18.2 Å². The Morgan fingerprint density at radius 1 is 1.33 bits per heavy atom. The number of nitrogens with zero attached hydrogens (tertiary/aromatic N) is 1. The topological polar surface area (TPSA) is 24.5 Å². The van der Waals surface area contributed by atoms with E-state index >= 15 is 0 Å². The van der Waals surface area contributed by atoms with Crippen molar-refractivity contribution in [3.05, 3.63) is 27.7 Å². The average Bonchev–Trinajstić information content (AvgIpc) is 2.30. The first-order chi connectivity index (χ1) is 8.59. The van der Waals surface area contributed by atoms with E-state index in [0.29, 0.717) is 11.6 Å². The van der Waals surface area contributed by atoms with E-state index in [9.17, 15) is 0 Å². The van der Waals surface area contributed by atoms with Gasteiger partial charge in [-0.2, -0.15) is 0 Å². The third-order valence-electron chi connectivity index (χ3n) is 2.39. The molecule has 0 saturated heterocycles. The van der Waals surface area contributed by atoms with Gasteiger partial charge in [-0.1, -0.05) is 11.6 Å². The summed E-state index contributed by atoms with van der Waals surface area (Å²) >= 11 is 9.28. The van der Waals surface area contributed by atoms with E-state index in [1.165, 1.54) is 0 Å². The second-order valence-corrected chi connectivity index (χ2v) is 5.62. The first-order valence-electron chi connectivity index (χ1n) is 6.03. The Balaban J connectivity index is 2.11. The third kappa shape index (κ3) is 6.59. The lowest BCUT2D eigenvalue weighted by Gasteiger charge is -2.11. The summed E-state index contributed by atoms with van der Waals surface area (Å²) in [6.07, 6.45) is 1.15. The minimum absolute atomic E-state index is 0.655. The van der Waals surface area contributed by atoms with E-state index in [-0.39, 0.29) is 0 Å². The minimum Gasteiger partial charge on any atom is -0.491 e. The molecular formula is C13H20BrClN2O. The van der Waals surface area contributed by atoms with Crippen molar-refractivity contribution in [3.63, 3.8) is 0 Å². The lowest BCUT2D eigenvalue weighted by Crippen LogP contribution is -2.25. The molecule has 1 aromatic rings. The maximum atomic E-state index is 5.86. The molecule has 1 rings (SSSR count). The predicted molar refractivity (Wildman–Crippen MR) is 80.7 cm³/mol. The summed E-state index contributed by atoms with van der Waals surface area (Å²) in [5.41, 5.74) is 0. The average molecular weight is 336 g/mol. The molecule has 0 bridgehead atoms. The molecule has 0 saturated carbocycles. The Hall–Kier alpha value is -0.290. The van der Waals surface area contributed by atoms with Crippen LogP contribution in [0.2, 0.25) is 5.02 Å². The zero-order chi connectivity index (χ0) is 13.4. The summed E-state index contributed by atoms with van der Waals surface area (Å²) in [7, 11) is 4.17. The van der Waals surface area contributed by atoms with Crippen molar-refractivity contribution in [3.8, 4) is 5.75 Å². The molecule has 0 fully saturated rings. The number of benzene rings is 1. The van der Waals surface area contributed by atoms with Crippen LogP contribution in [-0.2, 0) is 0 Å². The van der Waals surface area contributed by atoms with Crippen molar-refractivity contribution in [2.45, 2.75) is 6.42 Å². The molecule has 18 heavy (non-hydrogen) atoms. The maximum Gasteiger partial charge on any atom is 0.133 e. The van der Waals surface area contributed by atoms with E-state index in [4.69, 9.17) is 16.3 Å². The van der Waals surface area contributed by atoms with Crippen LogP contribution < -0.4 is 10.1 Å². The van der Waals surface area contributed by atoms with Gasteiger partial charge in [-0.05, 0) is 67.7 Å². The van der Waals surface area contributed by atoms with Gasteiger partial charge in [0.05, 0.1) is 4.47 Å². The molecule has 102 valence electrons. The summed E-state index contributed by atoms with van der Waals surface area (Å²) in [5.74, 6) is 0.828. The Labute approximate surface area is 123 Å². The predicted octanol–water partition coefficient (Wildman–Crippen LogP) is 3.02. The van der Waals surface area contributed by atoms with Crippen molar-refractivity contribution in [1.29, 1.82) is 0 Å². The molecule has 0 amide bonds. The number of nitrogens with one attached hydrogen (secondary N) is 1. The van der Waals surface area contributed by atoms with Crippen molar-refractivity contribution in [2.24, 2.45) is 0 Å². The molecule has 1 N–H and O–H groups in total. The molecule has 3 nitrogen and oxygen atoms in total. The third-order valence-corrected chi connectivity index (χ3v) is 3.24. The van der Waals surface area contributed by atoms with Crippen LogP contribution in [0.1, 0.15) is 6.42 Å². The molecule has 0 spiro atoms. The molecule has 0 aromatic heterocycles. The summed E-state index contributed by atoms with van der Waals surface area (Å²) < 4.78 is 6.53. The molecular weight excluding hydrogens is 316 g/mol. The molecule has 1 aromatic carbocycles. The van der Waals surface area contributed by atoms with Crippen LogP contribution in [0.15, 0.2) is 22.7 Å². The van der Waals surface area contributed by atoms with Crippen molar-refractivity contribution in [1.82, 2.24) is 10.2 Å². The number of hydrogen-bond acceptors (Lipinski definition) is 3. The number of ether oxygens (including phenoxy) is 1. The largest absolute Gasteiger partial charge is 0.491 e. The quantitative estimate of drug-likeness (QED) is 0.739. The normalized spacial score (nSPS) is 10.9. The van der Waals surface area contributed by atoms with Crippen LogP contribution in [0, 0.1) is 0 Å². The lowest BCUT2D eigenvalue weighted by molar-refractivity contribution is 0.309. The van der Waals surface area contributed by atoms with E-state index in [0.717, 1.165) is 36.3 Å². The zero-order valence-corrected chi connectivity index (χ0v) is 13.2. The monoisotopic (exact) mass is 334 g/mol. The van der Waals surface area contributed by atoms with Crippen LogP contribution >= 0.6 is 27.5 Å². The molecule has 0 unspecified atom stereocenters. The van der Waals surface area contributed by atoms with Gasteiger partial charge in [-0.3, -0.25) is 0 Å². The standard InChI is InChI=1S/C13H20BrClN2O/c1-17(2)8-3-6-16-7-9-18-13-5-4-11(15)10-12(13)14/h4-5,10,16H,3,6-9H2,1-2H3. The van der Waals surface area contributed by atoms with Crippen molar-refractivity contribution < 1.29 is 4.74 Å². The molecule has 0 heterocycles. The Morgan fingerprint density at radius 3 is 2.78 bits per heavy atom. The highest BCUT2D eigenvalue weighted by Gasteiger charge is 2.01. The zero-order valence-electron chi connectivity index (χ0n) is 10.9. The number of hydrogen-bond donors (Lipinski definition) is 1. The second kappa shape index (κ2) is 8.75. The van der Waals surface area contributed by atoms with Crippen LogP contribution in [0.4, 0.5) is 0 Å². The van der Waals surface area contributed by atoms with Gasteiger partial charge in [0.2, 0.25) is 0 Å². The van der Waals surface area contributed by atoms with Gasteiger partial charge < -0.3 is 15.0 Å². The van der Waals surface area contributed by atoms with Crippen molar-refractivity contribution >= 4 is 27.5 Å². The number of rotatable bonds is 8. The van der Waals surface area contributed by atoms with E-state index < -0.39 is 0 Å². The van der Waals surface area contributed by atoms with Gasteiger partial charge >= 0.3 is 0 Å². The summed E-state index contributed by atoms with van der Waals surface area (Å²) in [6.45, 7) is 3.63. The molecule has 0 aliphatic heterocycles. The van der Waals surface area contributed by atoms with Crippen molar-refractivity contribution in [2.75, 3.05) is 40.3 Å². The molecule has 0 aliphatic rings. The smallest absolute Gasteiger partial charge is 0.133 e. The summed E-state index contributed by atoms with van der Waals surface area (Å²) in [4.78, 5) is 2.18. The van der Waals surface area contributed by atoms with E-state index in [1.54, 1.807) is 0 Å². The Kier molecular flexibility index (Phi) is 7.66. The van der Waals surface area contributed by atoms with Crippen LogP contribution in [-0.4, -0.2) is 45.2 Å². The Morgan fingerprint density at radius 2 is 2.11 bits per heavy atom. The van der Waals surface area contributed by atoms with Gasteiger partial charge in [-0.25, -0.2) is 0 Å². The minimum atomic E-state index is 0.655. The fourth-order valence-electron chi connectivity index (χ4n) is 1.47. The highest BCUT2D eigenvalue weighted by molar-refractivity contribution is 9.10. The van der Waals surface area contributed by atoms with Gasteiger partial charge in [0, 0.05) is 11.6 Å². The summed E-state index contributed by atoms with van der Waals surface area (Å²) in [5, 5.41) is 4.05. The van der Waals surface area contributed by atoms with Gasteiger partial charge in [0.1, 0.15) is 12.4 Å². The lowest BCUT2D eigenvalue weighted by atomic mass is 10.3. The van der Waals surface area contributed by atoms with E-state index in [2.05, 4.69) is 40.2 Å². The fourth-order valence-corrected chi connectivity index (χ4v) is 2.27.